The first-order valence-electron chi connectivity index (χ1n) is 6.60. The fraction of sp³-hybridized carbons (Fsp3) is 0.333. The molecular weight excluding hydrogens is 365 g/mol. The van der Waals surface area contributed by atoms with E-state index in [4.69, 9.17) is 0 Å². The minimum absolute atomic E-state index is 0.0301. The molecule has 1 atom stereocenters. The molecule has 5 heteroatoms. The number of rotatable bonds is 5. The lowest BCUT2D eigenvalue weighted by atomic mass is 10.1. The van der Waals surface area contributed by atoms with Crippen LogP contribution in [-0.2, 0) is 11.3 Å². The Kier molecular flexibility index (Phi) is 5.17. The zero-order valence-electron chi connectivity index (χ0n) is 11.6. The summed E-state index contributed by atoms with van der Waals surface area (Å²) >= 11 is 2.25. The van der Waals surface area contributed by atoms with Crippen LogP contribution in [-0.4, -0.2) is 15.7 Å². The number of amides is 1. The van der Waals surface area contributed by atoms with E-state index in [1.54, 1.807) is 0 Å². The molecule has 1 heterocycles. The van der Waals surface area contributed by atoms with E-state index in [1.807, 2.05) is 55.1 Å². The Labute approximate surface area is 132 Å². The molecule has 20 heavy (non-hydrogen) atoms. The lowest BCUT2D eigenvalue weighted by molar-refractivity contribution is -0.122. The molecule has 0 radical (unpaired) electrons. The molecule has 1 aromatic carbocycles. The van der Waals surface area contributed by atoms with Gasteiger partial charge in [0, 0.05) is 18.7 Å². The average molecular weight is 383 g/mol. The number of halogens is 1. The smallest absolute Gasteiger partial charge is 0.222 e. The molecule has 0 spiro atoms. The number of benzene rings is 1. The highest BCUT2D eigenvalue weighted by molar-refractivity contribution is 14.1. The van der Waals surface area contributed by atoms with Crippen LogP contribution in [0.3, 0.4) is 0 Å². The van der Waals surface area contributed by atoms with Crippen LogP contribution in [0.15, 0.2) is 36.5 Å². The number of carbonyl (C=O) groups is 1. The van der Waals surface area contributed by atoms with Gasteiger partial charge in [-0.1, -0.05) is 30.3 Å². The third kappa shape index (κ3) is 3.82. The summed E-state index contributed by atoms with van der Waals surface area (Å²) in [5.74, 6) is 0.0475. The second-order valence-corrected chi connectivity index (χ2v) is 5.91. The van der Waals surface area contributed by atoms with Gasteiger partial charge in [0.2, 0.25) is 5.91 Å². The van der Waals surface area contributed by atoms with Crippen molar-refractivity contribution in [3.05, 3.63) is 51.4 Å². The van der Waals surface area contributed by atoms with Crippen LogP contribution in [0.2, 0.25) is 0 Å². The fourth-order valence-corrected chi connectivity index (χ4v) is 2.40. The Hall–Kier alpha value is -1.37. The largest absolute Gasteiger partial charge is 0.350 e. The molecule has 1 amide bonds. The third-order valence-electron chi connectivity index (χ3n) is 3.27. The summed E-state index contributed by atoms with van der Waals surface area (Å²) in [4.78, 5) is 12.0. The number of nitrogens with zero attached hydrogens (tertiary/aromatic N) is 2. The van der Waals surface area contributed by atoms with Gasteiger partial charge in [-0.3, -0.25) is 9.48 Å². The van der Waals surface area contributed by atoms with Crippen molar-refractivity contribution in [2.75, 3.05) is 0 Å². The van der Waals surface area contributed by atoms with Crippen molar-refractivity contribution < 1.29 is 4.79 Å². The Balaban J connectivity index is 1.85. The summed E-state index contributed by atoms with van der Waals surface area (Å²) in [5.41, 5.74) is 2.22. The van der Waals surface area contributed by atoms with E-state index in [1.165, 1.54) is 0 Å². The van der Waals surface area contributed by atoms with Crippen molar-refractivity contribution in [2.45, 2.75) is 32.9 Å². The maximum atomic E-state index is 12.0. The normalized spacial score (nSPS) is 12.2. The quantitative estimate of drug-likeness (QED) is 0.807. The number of aromatic nitrogens is 2. The summed E-state index contributed by atoms with van der Waals surface area (Å²) in [6.45, 7) is 4.62. The van der Waals surface area contributed by atoms with Crippen LogP contribution < -0.4 is 5.32 Å². The molecule has 4 nitrogen and oxygen atoms in total. The first kappa shape index (κ1) is 15.0. The molecule has 0 aliphatic carbocycles. The van der Waals surface area contributed by atoms with Crippen molar-refractivity contribution in [1.82, 2.24) is 15.1 Å². The predicted octanol–water partition coefficient (Wildman–Crippen LogP) is 3.06. The second-order valence-electron chi connectivity index (χ2n) is 4.75. The number of nitrogens with one attached hydrogen (secondary N) is 1. The van der Waals surface area contributed by atoms with E-state index in [0.717, 1.165) is 14.8 Å². The fourth-order valence-electron chi connectivity index (χ4n) is 2.00. The minimum Gasteiger partial charge on any atom is -0.350 e. The number of hydrogen-bond acceptors (Lipinski definition) is 2. The van der Waals surface area contributed by atoms with Gasteiger partial charge in [-0.2, -0.15) is 5.10 Å². The molecule has 0 aliphatic heterocycles. The van der Waals surface area contributed by atoms with Crippen molar-refractivity contribution in [3.8, 4) is 0 Å². The topological polar surface area (TPSA) is 46.9 Å². The van der Waals surface area contributed by atoms with Crippen LogP contribution in [0.5, 0.6) is 0 Å². The van der Waals surface area contributed by atoms with Crippen molar-refractivity contribution in [3.63, 3.8) is 0 Å². The molecule has 2 aromatic rings. The Morgan fingerprint density at radius 3 is 2.70 bits per heavy atom. The summed E-state index contributed by atoms with van der Waals surface area (Å²) in [5, 5.41) is 7.26. The Bertz CT molecular complexity index is 580. The molecule has 1 N–H and O–H groups in total. The van der Waals surface area contributed by atoms with E-state index in [0.29, 0.717) is 13.0 Å². The zero-order chi connectivity index (χ0) is 14.5. The molecule has 0 fully saturated rings. The van der Waals surface area contributed by atoms with Gasteiger partial charge in [-0.25, -0.2) is 0 Å². The average Bonchev–Trinajstić information content (AvgIpc) is 2.77. The molecule has 1 aromatic heterocycles. The van der Waals surface area contributed by atoms with Crippen molar-refractivity contribution in [2.24, 2.45) is 0 Å². The van der Waals surface area contributed by atoms with E-state index in [2.05, 4.69) is 33.0 Å². The van der Waals surface area contributed by atoms with Crippen LogP contribution in [0.1, 0.15) is 30.6 Å². The molecule has 106 valence electrons. The maximum absolute atomic E-state index is 12.0. The molecule has 0 saturated heterocycles. The van der Waals surface area contributed by atoms with Gasteiger partial charge in [-0.05, 0) is 42.0 Å². The predicted molar refractivity (Wildman–Crippen MR) is 87.3 cm³/mol. The molecule has 0 aliphatic rings. The Morgan fingerprint density at radius 1 is 1.40 bits per heavy atom. The number of aryl methyl sites for hydroxylation is 1. The van der Waals surface area contributed by atoms with Crippen LogP contribution in [0.25, 0.3) is 0 Å². The van der Waals surface area contributed by atoms with Crippen LogP contribution in [0.4, 0.5) is 0 Å². The SMILES string of the molecule is Cc1c(I)cnn1CCC(=O)NC(C)c1ccccc1. The monoisotopic (exact) mass is 383 g/mol. The van der Waals surface area contributed by atoms with E-state index >= 15 is 0 Å². The first-order valence-corrected chi connectivity index (χ1v) is 7.68. The van der Waals surface area contributed by atoms with Crippen LogP contribution >= 0.6 is 22.6 Å². The molecule has 2 rings (SSSR count). The standard InChI is InChI=1S/C15H18IN3O/c1-11(13-6-4-3-5-7-13)18-15(20)8-9-19-12(2)14(16)10-17-19/h3-7,10-11H,8-9H2,1-2H3,(H,18,20). The highest BCUT2D eigenvalue weighted by atomic mass is 127. The lowest BCUT2D eigenvalue weighted by Crippen LogP contribution is -2.27. The van der Waals surface area contributed by atoms with Crippen LogP contribution in [0, 0.1) is 10.5 Å². The summed E-state index contributed by atoms with van der Waals surface area (Å²) in [6.07, 6.45) is 2.26. The van der Waals surface area contributed by atoms with E-state index in [-0.39, 0.29) is 11.9 Å². The maximum Gasteiger partial charge on any atom is 0.222 e. The molecule has 0 bridgehead atoms. The third-order valence-corrected chi connectivity index (χ3v) is 4.33. The summed E-state index contributed by atoms with van der Waals surface area (Å²) < 4.78 is 3.00. The highest BCUT2D eigenvalue weighted by Gasteiger charge is 2.10. The summed E-state index contributed by atoms with van der Waals surface area (Å²) in [7, 11) is 0. The zero-order valence-corrected chi connectivity index (χ0v) is 13.8. The summed E-state index contributed by atoms with van der Waals surface area (Å²) in [6, 6.07) is 10.00. The molecular formula is C15H18IN3O. The Morgan fingerprint density at radius 2 is 2.10 bits per heavy atom. The van der Waals surface area contributed by atoms with Gasteiger partial charge >= 0.3 is 0 Å². The number of hydrogen-bond donors (Lipinski definition) is 1. The van der Waals surface area contributed by atoms with Crippen molar-refractivity contribution >= 4 is 28.5 Å². The number of carbonyl (C=O) groups excluding carboxylic acids is 1. The van der Waals surface area contributed by atoms with E-state index < -0.39 is 0 Å². The van der Waals surface area contributed by atoms with Crippen molar-refractivity contribution in [1.29, 1.82) is 0 Å². The van der Waals surface area contributed by atoms with Gasteiger partial charge < -0.3 is 5.32 Å². The molecule has 0 saturated carbocycles. The van der Waals surface area contributed by atoms with Gasteiger partial charge in [0.1, 0.15) is 0 Å². The minimum atomic E-state index is 0.0301. The van der Waals surface area contributed by atoms with E-state index in [9.17, 15) is 4.79 Å². The van der Waals surface area contributed by atoms with Gasteiger partial charge in [0.05, 0.1) is 15.8 Å². The first-order chi connectivity index (χ1) is 9.58. The molecule has 1 unspecified atom stereocenters. The van der Waals surface area contributed by atoms with Gasteiger partial charge in [0.15, 0.2) is 0 Å². The van der Waals surface area contributed by atoms with Gasteiger partial charge in [-0.15, -0.1) is 0 Å². The lowest BCUT2D eigenvalue weighted by Gasteiger charge is -2.14. The second kappa shape index (κ2) is 6.88. The highest BCUT2D eigenvalue weighted by Crippen LogP contribution is 2.12. The van der Waals surface area contributed by atoms with Gasteiger partial charge in [0.25, 0.3) is 0 Å².